The first-order chi connectivity index (χ1) is 8.26. The Morgan fingerprint density at radius 3 is 3.18 bits per heavy atom. The highest BCUT2D eigenvalue weighted by Gasteiger charge is 2.58. The lowest BCUT2D eigenvalue weighted by molar-refractivity contribution is -0.116. The number of hydrogen-bond donors (Lipinski definition) is 1. The SMILES string of the molecule is C=CC(=O)NC1CC12CCOc1ccccc12. The predicted octanol–water partition coefficient (Wildman–Crippen LogP) is 1.78. The van der Waals surface area contributed by atoms with Crippen molar-refractivity contribution in [2.45, 2.75) is 24.3 Å². The number of fused-ring (bicyclic) bond motifs is 2. The molecule has 1 fully saturated rings. The molecule has 2 unspecified atom stereocenters. The number of rotatable bonds is 2. The van der Waals surface area contributed by atoms with Gasteiger partial charge in [-0.15, -0.1) is 0 Å². The number of carbonyl (C=O) groups excluding carboxylic acids is 1. The highest BCUT2D eigenvalue weighted by molar-refractivity contribution is 5.87. The topological polar surface area (TPSA) is 38.3 Å². The van der Waals surface area contributed by atoms with E-state index in [0.717, 1.165) is 25.2 Å². The van der Waals surface area contributed by atoms with Crippen molar-refractivity contribution in [2.24, 2.45) is 0 Å². The molecule has 1 aliphatic carbocycles. The number of carbonyl (C=O) groups is 1. The van der Waals surface area contributed by atoms with Gasteiger partial charge < -0.3 is 10.1 Å². The van der Waals surface area contributed by atoms with Gasteiger partial charge in [-0.05, 0) is 25.0 Å². The van der Waals surface area contributed by atoms with Gasteiger partial charge in [-0.25, -0.2) is 0 Å². The molecule has 0 aromatic heterocycles. The molecular weight excluding hydrogens is 214 g/mol. The zero-order chi connectivity index (χ0) is 11.9. The van der Waals surface area contributed by atoms with Gasteiger partial charge in [0.25, 0.3) is 0 Å². The molecule has 3 heteroatoms. The van der Waals surface area contributed by atoms with Gasteiger partial charge in [0.1, 0.15) is 5.75 Å². The molecule has 1 heterocycles. The lowest BCUT2D eigenvalue weighted by Crippen LogP contribution is -2.32. The van der Waals surface area contributed by atoms with Crippen LogP contribution in [0.2, 0.25) is 0 Å². The second kappa shape index (κ2) is 3.62. The largest absolute Gasteiger partial charge is 0.493 e. The number of benzene rings is 1. The van der Waals surface area contributed by atoms with Crippen molar-refractivity contribution in [1.29, 1.82) is 0 Å². The second-order valence-corrected chi connectivity index (χ2v) is 4.72. The molecule has 1 aromatic carbocycles. The van der Waals surface area contributed by atoms with Crippen molar-refractivity contribution in [2.75, 3.05) is 6.61 Å². The van der Waals surface area contributed by atoms with E-state index in [1.54, 1.807) is 0 Å². The van der Waals surface area contributed by atoms with Crippen molar-refractivity contribution in [1.82, 2.24) is 5.32 Å². The summed E-state index contributed by atoms with van der Waals surface area (Å²) in [5.41, 5.74) is 1.34. The molecule has 0 bridgehead atoms. The zero-order valence-corrected chi connectivity index (χ0v) is 9.61. The molecule has 3 rings (SSSR count). The summed E-state index contributed by atoms with van der Waals surface area (Å²) in [6.07, 6.45) is 3.32. The number of para-hydroxylation sites is 1. The Kier molecular flexibility index (Phi) is 2.21. The van der Waals surface area contributed by atoms with Gasteiger partial charge in [0.2, 0.25) is 5.91 Å². The minimum absolute atomic E-state index is 0.0872. The van der Waals surface area contributed by atoms with Gasteiger partial charge in [-0.1, -0.05) is 24.8 Å². The average Bonchev–Trinajstić information content (AvgIpc) is 3.03. The molecule has 3 nitrogen and oxygen atoms in total. The number of hydrogen-bond acceptors (Lipinski definition) is 2. The van der Waals surface area contributed by atoms with Crippen molar-refractivity contribution >= 4 is 5.91 Å². The van der Waals surface area contributed by atoms with Gasteiger partial charge in [0.15, 0.2) is 0 Å². The Morgan fingerprint density at radius 1 is 1.53 bits per heavy atom. The normalized spacial score (nSPS) is 29.1. The smallest absolute Gasteiger partial charge is 0.243 e. The first-order valence-corrected chi connectivity index (χ1v) is 5.91. The molecule has 1 aromatic rings. The van der Waals surface area contributed by atoms with Gasteiger partial charge in [0, 0.05) is 17.0 Å². The Balaban J connectivity index is 1.87. The van der Waals surface area contributed by atoms with Crippen molar-refractivity contribution in [3.05, 3.63) is 42.5 Å². The van der Waals surface area contributed by atoms with Crippen molar-refractivity contribution in [3.8, 4) is 5.75 Å². The van der Waals surface area contributed by atoms with E-state index in [9.17, 15) is 4.79 Å². The van der Waals surface area contributed by atoms with Crippen LogP contribution in [0.1, 0.15) is 18.4 Å². The Hall–Kier alpha value is -1.77. The fraction of sp³-hybridized carbons (Fsp3) is 0.357. The molecule has 2 atom stereocenters. The van der Waals surface area contributed by atoms with Crippen LogP contribution in [0.3, 0.4) is 0 Å². The number of amides is 1. The molecule has 1 aliphatic heterocycles. The van der Waals surface area contributed by atoms with Gasteiger partial charge in [0.05, 0.1) is 6.61 Å². The summed E-state index contributed by atoms with van der Waals surface area (Å²) in [5, 5.41) is 2.99. The molecule has 88 valence electrons. The lowest BCUT2D eigenvalue weighted by Gasteiger charge is -2.26. The molecule has 1 spiro atoms. The van der Waals surface area contributed by atoms with Crippen LogP contribution >= 0.6 is 0 Å². The van der Waals surface area contributed by atoms with Crippen LogP contribution in [0.15, 0.2) is 36.9 Å². The lowest BCUT2D eigenvalue weighted by atomic mass is 9.89. The van der Waals surface area contributed by atoms with Crippen LogP contribution in [0, 0.1) is 0 Å². The minimum atomic E-state index is -0.0872. The predicted molar refractivity (Wildman–Crippen MR) is 65.0 cm³/mol. The third-order valence-corrected chi connectivity index (χ3v) is 3.81. The zero-order valence-electron chi connectivity index (χ0n) is 9.61. The van der Waals surface area contributed by atoms with E-state index in [1.807, 2.05) is 18.2 Å². The minimum Gasteiger partial charge on any atom is -0.493 e. The van der Waals surface area contributed by atoms with E-state index in [-0.39, 0.29) is 17.4 Å². The van der Waals surface area contributed by atoms with Crippen LogP contribution in [0.25, 0.3) is 0 Å². The second-order valence-electron chi connectivity index (χ2n) is 4.72. The maximum absolute atomic E-state index is 11.3. The maximum atomic E-state index is 11.3. The Bertz CT molecular complexity index is 483. The molecule has 0 saturated heterocycles. The first kappa shape index (κ1) is 10.4. The van der Waals surface area contributed by atoms with E-state index in [0.29, 0.717) is 0 Å². The molecular formula is C14H15NO2. The fourth-order valence-electron chi connectivity index (χ4n) is 2.78. The summed E-state index contributed by atoms with van der Waals surface area (Å²) in [6, 6.07) is 8.35. The summed E-state index contributed by atoms with van der Waals surface area (Å²) in [5.74, 6) is 0.880. The summed E-state index contributed by atoms with van der Waals surface area (Å²) < 4.78 is 5.65. The quantitative estimate of drug-likeness (QED) is 0.785. The molecule has 17 heavy (non-hydrogen) atoms. The average molecular weight is 229 g/mol. The van der Waals surface area contributed by atoms with Crippen LogP contribution in [0.5, 0.6) is 5.75 Å². The highest BCUT2D eigenvalue weighted by atomic mass is 16.5. The fourth-order valence-corrected chi connectivity index (χ4v) is 2.78. The Morgan fingerprint density at radius 2 is 2.35 bits per heavy atom. The van der Waals surface area contributed by atoms with Gasteiger partial charge in [-0.2, -0.15) is 0 Å². The van der Waals surface area contributed by atoms with E-state index in [2.05, 4.69) is 18.0 Å². The maximum Gasteiger partial charge on any atom is 0.243 e. The number of nitrogens with one attached hydrogen (secondary N) is 1. The van der Waals surface area contributed by atoms with Crippen LogP contribution in [-0.4, -0.2) is 18.6 Å². The van der Waals surface area contributed by atoms with Crippen LogP contribution in [-0.2, 0) is 10.2 Å². The summed E-state index contributed by atoms with van der Waals surface area (Å²) in [6.45, 7) is 4.22. The van der Waals surface area contributed by atoms with Gasteiger partial charge >= 0.3 is 0 Å². The highest BCUT2D eigenvalue weighted by Crippen LogP contribution is 2.55. The van der Waals surface area contributed by atoms with E-state index >= 15 is 0 Å². The standard InChI is InChI=1S/C14H15NO2/c1-2-13(16)15-12-9-14(12)7-8-17-11-6-4-3-5-10(11)14/h2-6,12H,1,7-9H2,(H,15,16). The Labute approximate surface area is 100 Å². The third-order valence-electron chi connectivity index (χ3n) is 3.81. The summed E-state index contributed by atoms with van der Waals surface area (Å²) >= 11 is 0. The molecule has 2 aliphatic rings. The molecule has 1 N–H and O–H groups in total. The van der Waals surface area contributed by atoms with E-state index in [1.165, 1.54) is 11.6 Å². The molecule has 1 amide bonds. The van der Waals surface area contributed by atoms with Gasteiger partial charge in [-0.3, -0.25) is 4.79 Å². The van der Waals surface area contributed by atoms with Crippen molar-refractivity contribution in [3.63, 3.8) is 0 Å². The van der Waals surface area contributed by atoms with Crippen LogP contribution < -0.4 is 10.1 Å². The monoisotopic (exact) mass is 229 g/mol. The summed E-state index contributed by atoms with van der Waals surface area (Å²) in [7, 11) is 0. The van der Waals surface area contributed by atoms with Crippen molar-refractivity contribution < 1.29 is 9.53 Å². The van der Waals surface area contributed by atoms with E-state index in [4.69, 9.17) is 4.74 Å². The molecule has 1 saturated carbocycles. The third kappa shape index (κ3) is 1.54. The molecule has 0 radical (unpaired) electrons. The van der Waals surface area contributed by atoms with E-state index < -0.39 is 0 Å². The number of ether oxygens (including phenoxy) is 1. The first-order valence-electron chi connectivity index (χ1n) is 5.91. The van der Waals surface area contributed by atoms with Crippen LogP contribution in [0.4, 0.5) is 0 Å². The summed E-state index contributed by atoms with van der Waals surface area (Å²) in [4.78, 5) is 11.3.